The molecule has 100 valence electrons. The molecule has 2 rings (SSSR count). The number of hydrogen-bond acceptors (Lipinski definition) is 3. The summed E-state index contributed by atoms with van der Waals surface area (Å²) in [6.45, 7) is 1.88. The van der Waals surface area contributed by atoms with E-state index in [2.05, 4.69) is 25.6 Å². The molecule has 1 aromatic heterocycles. The highest BCUT2D eigenvalue weighted by Gasteiger charge is 2.19. The molecule has 7 heteroatoms. The summed E-state index contributed by atoms with van der Waals surface area (Å²) >= 11 is 9.12. The number of benzene rings is 1. The molecular weight excluding hydrogens is 352 g/mol. The summed E-state index contributed by atoms with van der Waals surface area (Å²) in [6.07, 6.45) is 1.47. The van der Waals surface area contributed by atoms with Gasteiger partial charge < -0.3 is 0 Å². The molecule has 0 bridgehead atoms. The molecule has 2 aromatic rings. The number of anilines is 1. The molecule has 0 aliphatic carbocycles. The number of aromatic nitrogens is 1. The summed E-state index contributed by atoms with van der Waals surface area (Å²) < 4.78 is 27.3. The van der Waals surface area contributed by atoms with Crippen LogP contribution in [0.5, 0.6) is 0 Å². The van der Waals surface area contributed by atoms with Crippen molar-refractivity contribution in [3.63, 3.8) is 0 Å². The van der Waals surface area contributed by atoms with Crippen molar-refractivity contribution in [1.29, 1.82) is 0 Å². The Hall–Kier alpha value is -1.11. The number of sulfonamides is 1. The Morgan fingerprint density at radius 1 is 1.32 bits per heavy atom. The van der Waals surface area contributed by atoms with Crippen LogP contribution in [0, 0.1) is 6.92 Å². The number of nitrogens with one attached hydrogen (secondary N) is 1. The summed E-state index contributed by atoms with van der Waals surface area (Å²) in [5, 5.41) is 0.245. The van der Waals surface area contributed by atoms with Crippen LogP contribution in [-0.4, -0.2) is 13.4 Å². The molecule has 0 unspecified atom stereocenters. The molecule has 0 atom stereocenters. The van der Waals surface area contributed by atoms with E-state index in [-0.39, 0.29) is 15.7 Å². The molecule has 4 nitrogen and oxygen atoms in total. The number of halogens is 2. The monoisotopic (exact) mass is 360 g/mol. The second-order valence-corrected chi connectivity index (χ2v) is 6.79. The van der Waals surface area contributed by atoms with Gasteiger partial charge >= 0.3 is 0 Å². The molecule has 0 saturated heterocycles. The van der Waals surface area contributed by atoms with E-state index in [4.69, 9.17) is 11.6 Å². The van der Waals surface area contributed by atoms with Gasteiger partial charge in [0.15, 0.2) is 5.82 Å². The van der Waals surface area contributed by atoms with Gasteiger partial charge in [-0.25, -0.2) is 13.4 Å². The first-order chi connectivity index (χ1) is 8.90. The van der Waals surface area contributed by atoms with Crippen molar-refractivity contribution in [2.45, 2.75) is 11.8 Å². The van der Waals surface area contributed by atoms with Gasteiger partial charge in [-0.3, -0.25) is 4.72 Å². The van der Waals surface area contributed by atoms with Gasteiger partial charge in [-0.1, -0.05) is 17.7 Å². The third kappa shape index (κ3) is 3.26. The Morgan fingerprint density at radius 3 is 2.68 bits per heavy atom. The molecule has 0 amide bonds. The fraction of sp³-hybridized carbons (Fsp3) is 0.0833. The molecule has 1 aromatic carbocycles. The van der Waals surface area contributed by atoms with Crippen molar-refractivity contribution >= 4 is 43.4 Å². The Labute approximate surface area is 125 Å². The maximum atomic E-state index is 12.2. The average Bonchev–Trinajstić information content (AvgIpc) is 2.31. The fourth-order valence-electron chi connectivity index (χ4n) is 1.47. The number of pyridine rings is 1. The molecule has 1 heterocycles. The van der Waals surface area contributed by atoms with Crippen LogP contribution < -0.4 is 4.72 Å². The van der Waals surface area contributed by atoms with E-state index in [1.165, 1.54) is 12.3 Å². The zero-order chi connectivity index (χ0) is 14.0. The summed E-state index contributed by atoms with van der Waals surface area (Å²) in [7, 11) is -3.73. The lowest BCUT2D eigenvalue weighted by molar-refractivity contribution is 0.600. The lowest BCUT2D eigenvalue weighted by Gasteiger charge is -2.10. The van der Waals surface area contributed by atoms with Gasteiger partial charge in [-0.05, 0) is 52.7 Å². The molecule has 0 aliphatic heterocycles. The highest BCUT2D eigenvalue weighted by Crippen LogP contribution is 2.26. The largest absolute Gasteiger partial charge is 0.264 e. The van der Waals surface area contributed by atoms with Crippen LogP contribution in [0.15, 0.2) is 45.9 Å². The van der Waals surface area contributed by atoms with E-state index >= 15 is 0 Å². The molecule has 0 saturated carbocycles. The molecule has 1 N–H and O–H groups in total. The van der Waals surface area contributed by atoms with E-state index < -0.39 is 10.0 Å². The average molecular weight is 362 g/mol. The highest BCUT2D eigenvalue weighted by atomic mass is 79.9. The van der Waals surface area contributed by atoms with Gasteiger partial charge in [0, 0.05) is 10.7 Å². The Balaban J connectivity index is 2.41. The second kappa shape index (κ2) is 5.48. The number of nitrogens with zero attached hydrogens (tertiary/aromatic N) is 1. The van der Waals surface area contributed by atoms with Crippen LogP contribution in [0.4, 0.5) is 5.82 Å². The van der Waals surface area contributed by atoms with Gasteiger partial charge in [0.1, 0.15) is 4.90 Å². The molecule has 0 fully saturated rings. The van der Waals surface area contributed by atoms with Gasteiger partial charge in [-0.15, -0.1) is 0 Å². The standard InChI is InChI=1S/C12H10BrClN2O2S/c1-8-4-5-11(9(13)7-8)19(17,18)16-12-10(14)3-2-6-15-12/h2-7H,1H3,(H,15,16). The maximum Gasteiger partial charge on any atom is 0.264 e. The quantitative estimate of drug-likeness (QED) is 0.908. The fourth-order valence-corrected chi connectivity index (χ4v) is 3.91. The van der Waals surface area contributed by atoms with E-state index in [0.717, 1.165) is 5.56 Å². The van der Waals surface area contributed by atoms with E-state index in [0.29, 0.717) is 4.47 Å². The zero-order valence-electron chi connectivity index (χ0n) is 9.89. The maximum absolute atomic E-state index is 12.2. The predicted octanol–water partition coefficient (Wildman–Crippen LogP) is 3.61. The summed E-state index contributed by atoms with van der Waals surface area (Å²) in [6, 6.07) is 8.17. The summed E-state index contributed by atoms with van der Waals surface area (Å²) in [5.74, 6) is 0.108. The van der Waals surface area contributed by atoms with Crippen LogP contribution in [0.1, 0.15) is 5.56 Å². The van der Waals surface area contributed by atoms with Crippen molar-refractivity contribution in [3.8, 4) is 0 Å². The second-order valence-electron chi connectivity index (χ2n) is 3.87. The van der Waals surface area contributed by atoms with Gasteiger partial charge in [0.25, 0.3) is 10.0 Å². The number of rotatable bonds is 3. The topological polar surface area (TPSA) is 59.1 Å². The first-order valence-electron chi connectivity index (χ1n) is 5.29. The third-order valence-electron chi connectivity index (χ3n) is 2.37. The molecule has 0 aliphatic rings. The van der Waals surface area contributed by atoms with E-state index in [1.807, 2.05) is 6.92 Å². The van der Waals surface area contributed by atoms with Crippen molar-refractivity contribution in [1.82, 2.24) is 4.98 Å². The van der Waals surface area contributed by atoms with E-state index in [9.17, 15) is 8.42 Å². The molecule has 19 heavy (non-hydrogen) atoms. The Morgan fingerprint density at radius 2 is 2.05 bits per heavy atom. The first-order valence-corrected chi connectivity index (χ1v) is 7.95. The van der Waals surface area contributed by atoms with E-state index in [1.54, 1.807) is 24.3 Å². The van der Waals surface area contributed by atoms with Crippen LogP contribution in [0.2, 0.25) is 5.02 Å². The molecular formula is C12H10BrClN2O2S. The Kier molecular flexibility index (Phi) is 4.13. The zero-order valence-corrected chi connectivity index (χ0v) is 13.1. The van der Waals surface area contributed by atoms with Crippen molar-refractivity contribution < 1.29 is 8.42 Å². The lowest BCUT2D eigenvalue weighted by Crippen LogP contribution is -2.14. The normalized spacial score (nSPS) is 11.3. The minimum absolute atomic E-state index is 0.108. The minimum Gasteiger partial charge on any atom is -0.262 e. The van der Waals surface area contributed by atoms with Crippen LogP contribution in [-0.2, 0) is 10.0 Å². The van der Waals surface area contributed by atoms with Gasteiger partial charge in [0.05, 0.1) is 5.02 Å². The lowest BCUT2D eigenvalue weighted by atomic mass is 10.2. The smallest absolute Gasteiger partial charge is 0.262 e. The predicted molar refractivity (Wildman–Crippen MR) is 78.9 cm³/mol. The minimum atomic E-state index is -3.73. The van der Waals surface area contributed by atoms with Crippen LogP contribution in [0.25, 0.3) is 0 Å². The SMILES string of the molecule is Cc1ccc(S(=O)(=O)Nc2ncccc2Cl)c(Br)c1. The van der Waals surface area contributed by atoms with Crippen LogP contribution >= 0.6 is 27.5 Å². The number of hydrogen-bond donors (Lipinski definition) is 1. The van der Waals surface area contributed by atoms with Crippen LogP contribution in [0.3, 0.4) is 0 Å². The molecule has 0 spiro atoms. The van der Waals surface area contributed by atoms with Crippen molar-refractivity contribution in [3.05, 3.63) is 51.6 Å². The molecule has 0 radical (unpaired) electrons. The third-order valence-corrected chi connectivity index (χ3v) is 4.99. The highest BCUT2D eigenvalue weighted by molar-refractivity contribution is 9.10. The van der Waals surface area contributed by atoms with Crippen molar-refractivity contribution in [2.24, 2.45) is 0 Å². The van der Waals surface area contributed by atoms with Crippen molar-refractivity contribution in [2.75, 3.05) is 4.72 Å². The first kappa shape index (κ1) is 14.3. The Bertz CT molecular complexity index is 719. The van der Waals surface area contributed by atoms with Gasteiger partial charge in [0.2, 0.25) is 0 Å². The summed E-state index contributed by atoms with van der Waals surface area (Å²) in [5.41, 5.74) is 0.960. The van der Waals surface area contributed by atoms with Gasteiger partial charge in [-0.2, -0.15) is 0 Å². The summed E-state index contributed by atoms with van der Waals surface area (Å²) in [4.78, 5) is 4.04. The number of aryl methyl sites for hydroxylation is 1.